The van der Waals surface area contributed by atoms with Crippen molar-refractivity contribution < 1.29 is 19.1 Å². The van der Waals surface area contributed by atoms with E-state index in [1.807, 2.05) is 31.2 Å². The minimum Gasteiger partial charge on any atom is -0.496 e. The summed E-state index contributed by atoms with van der Waals surface area (Å²) < 4.78 is 11.9. The summed E-state index contributed by atoms with van der Waals surface area (Å²) in [4.78, 5) is 24.1. The lowest BCUT2D eigenvalue weighted by Crippen LogP contribution is -2.26. The number of nitrogens with zero attached hydrogens (tertiary/aromatic N) is 2. The second kappa shape index (κ2) is 6.96. The van der Waals surface area contributed by atoms with Crippen molar-refractivity contribution in [3.63, 3.8) is 0 Å². The summed E-state index contributed by atoms with van der Waals surface area (Å²) in [5.74, 6) is 0.606. The molecule has 1 aliphatic rings. The van der Waals surface area contributed by atoms with Crippen LogP contribution in [-0.4, -0.2) is 35.4 Å². The number of ether oxygens (including phenoxy) is 2. The SMILES string of the molecule is CCOC(=O)Cn1nc(C)c2c1NC(=O)CC2c1ccccc1OC. The zero-order valence-corrected chi connectivity index (χ0v) is 14.5. The predicted molar refractivity (Wildman–Crippen MR) is 91.7 cm³/mol. The van der Waals surface area contributed by atoms with E-state index in [4.69, 9.17) is 9.47 Å². The van der Waals surface area contributed by atoms with Gasteiger partial charge in [-0.05, 0) is 19.9 Å². The van der Waals surface area contributed by atoms with Crippen LogP contribution in [0.1, 0.15) is 36.1 Å². The van der Waals surface area contributed by atoms with Crippen LogP contribution in [-0.2, 0) is 20.9 Å². The van der Waals surface area contributed by atoms with Crippen LogP contribution in [0.25, 0.3) is 0 Å². The summed E-state index contributed by atoms with van der Waals surface area (Å²) >= 11 is 0. The number of benzene rings is 1. The number of esters is 1. The molecule has 1 aromatic carbocycles. The van der Waals surface area contributed by atoms with E-state index in [0.717, 1.165) is 22.6 Å². The molecule has 0 saturated heterocycles. The molecule has 3 rings (SSSR count). The lowest BCUT2D eigenvalue weighted by Gasteiger charge is -2.25. The van der Waals surface area contributed by atoms with Crippen molar-refractivity contribution in [2.75, 3.05) is 19.0 Å². The fraction of sp³-hybridized carbons (Fsp3) is 0.389. The Bertz CT molecular complexity index is 813. The quantitative estimate of drug-likeness (QED) is 0.842. The standard InChI is InChI=1S/C18H21N3O4/c1-4-25-16(23)10-21-18-17(11(2)20-21)13(9-15(22)19-18)12-7-5-6-8-14(12)24-3/h5-8,13H,4,9-10H2,1-3H3,(H,19,22). The van der Waals surface area contributed by atoms with Crippen molar-refractivity contribution in [2.45, 2.75) is 32.7 Å². The van der Waals surface area contributed by atoms with Gasteiger partial charge < -0.3 is 14.8 Å². The summed E-state index contributed by atoms with van der Waals surface area (Å²) in [6.45, 7) is 3.89. The third-order valence-corrected chi connectivity index (χ3v) is 4.27. The van der Waals surface area contributed by atoms with Crippen LogP contribution in [0.4, 0.5) is 5.82 Å². The molecule has 1 aromatic heterocycles. The molecule has 2 aromatic rings. The maximum atomic E-state index is 12.3. The van der Waals surface area contributed by atoms with Crippen LogP contribution in [0.2, 0.25) is 0 Å². The lowest BCUT2D eigenvalue weighted by atomic mass is 9.85. The van der Waals surface area contributed by atoms with Gasteiger partial charge in [0.25, 0.3) is 0 Å². The van der Waals surface area contributed by atoms with Gasteiger partial charge in [0.15, 0.2) is 0 Å². The topological polar surface area (TPSA) is 82.5 Å². The molecular weight excluding hydrogens is 322 g/mol. The second-order valence-electron chi connectivity index (χ2n) is 5.86. The molecule has 2 heterocycles. The van der Waals surface area contributed by atoms with E-state index in [2.05, 4.69) is 10.4 Å². The number of carbonyl (C=O) groups is 2. The number of amides is 1. The summed E-state index contributed by atoms with van der Waals surface area (Å²) in [7, 11) is 1.61. The fourth-order valence-electron chi connectivity index (χ4n) is 3.28. The Kier molecular flexibility index (Phi) is 4.74. The molecular formula is C18H21N3O4. The molecule has 1 aliphatic heterocycles. The first-order valence-electron chi connectivity index (χ1n) is 8.20. The molecule has 1 unspecified atom stereocenters. The number of anilines is 1. The molecule has 0 saturated carbocycles. The highest BCUT2D eigenvalue weighted by molar-refractivity contribution is 5.95. The predicted octanol–water partition coefficient (Wildman–Crippen LogP) is 2.24. The molecule has 1 amide bonds. The molecule has 0 fully saturated rings. The van der Waals surface area contributed by atoms with Gasteiger partial charge in [0, 0.05) is 23.5 Å². The normalized spacial score (nSPS) is 16.1. The van der Waals surface area contributed by atoms with E-state index in [0.29, 0.717) is 18.8 Å². The van der Waals surface area contributed by atoms with Crippen molar-refractivity contribution >= 4 is 17.7 Å². The van der Waals surface area contributed by atoms with Crippen LogP contribution in [0.15, 0.2) is 24.3 Å². The molecule has 0 bridgehead atoms. The first-order valence-corrected chi connectivity index (χ1v) is 8.20. The molecule has 0 spiro atoms. The first-order chi connectivity index (χ1) is 12.0. The van der Waals surface area contributed by atoms with Crippen molar-refractivity contribution in [1.29, 1.82) is 0 Å². The van der Waals surface area contributed by atoms with Crippen molar-refractivity contribution in [3.8, 4) is 5.75 Å². The molecule has 1 atom stereocenters. The Hall–Kier alpha value is -2.83. The third kappa shape index (κ3) is 3.22. The number of fused-ring (bicyclic) bond motifs is 1. The van der Waals surface area contributed by atoms with Gasteiger partial charge in [-0.3, -0.25) is 9.59 Å². The summed E-state index contributed by atoms with van der Waals surface area (Å²) in [6.07, 6.45) is 0.305. The van der Waals surface area contributed by atoms with Crippen LogP contribution >= 0.6 is 0 Å². The second-order valence-corrected chi connectivity index (χ2v) is 5.86. The Morgan fingerprint density at radius 3 is 2.88 bits per heavy atom. The molecule has 1 N–H and O–H groups in total. The molecule has 0 aliphatic carbocycles. The minimum atomic E-state index is -0.388. The van der Waals surface area contributed by atoms with E-state index in [-0.39, 0.29) is 24.3 Å². The Balaban J connectivity index is 2.05. The average molecular weight is 343 g/mol. The molecule has 132 valence electrons. The highest BCUT2D eigenvalue weighted by atomic mass is 16.5. The van der Waals surface area contributed by atoms with Crippen LogP contribution < -0.4 is 10.1 Å². The van der Waals surface area contributed by atoms with Gasteiger partial charge in [0.05, 0.1) is 19.4 Å². The van der Waals surface area contributed by atoms with Gasteiger partial charge in [0.1, 0.15) is 18.1 Å². The number of rotatable bonds is 5. The Morgan fingerprint density at radius 1 is 1.40 bits per heavy atom. The number of methoxy groups -OCH3 is 1. The highest BCUT2D eigenvalue weighted by Gasteiger charge is 2.34. The zero-order valence-electron chi connectivity index (χ0n) is 14.5. The van der Waals surface area contributed by atoms with E-state index >= 15 is 0 Å². The van der Waals surface area contributed by atoms with Gasteiger partial charge in [-0.15, -0.1) is 0 Å². The Labute approximate surface area is 145 Å². The number of aryl methyl sites for hydroxylation is 1. The fourth-order valence-corrected chi connectivity index (χ4v) is 3.28. The van der Waals surface area contributed by atoms with Crippen molar-refractivity contribution in [3.05, 3.63) is 41.1 Å². The maximum absolute atomic E-state index is 12.3. The van der Waals surface area contributed by atoms with E-state index in [1.54, 1.807) is 14.0 Å². The van der Waals surface area contributed by atoms with Crippen molar-refractivity contribution in [1.82, 2.24) is 9.78 Å². The van der Waals surface area contributed by atoms with Crippen LogP contribution in [0.5, 0.6) is 5.75 Å². The van der Waals surface area contributed by atoms with E-state index in [9.17, 15) is 9.59 Å². The minimum absolute atomic E-state index is 0.0388. The summed E-state index contributed by atoms with van der Waals surface area (Å²) in [5.41, 5.74) is 2.61. The average Bonchev–Trinajstić information content (AvgIpc) is 2.90. The van der Waals surface area contributed by atoms with Gasteiger partial charge in [-0.2, -0.15) is 5.10 Å². The van der Waals surface area contributed by atoms with Crippen LogP contribution in [0.3, 0.4) is 0 Å². The van der Waals surface area contributed by atoms with Gasteiger partial charge in [0.2, 0.25) is 5.91 Å². The summed E-state index contributed by atoms with van der Waals surface area (Å²) in [5, 5.41) is 7.29. The maximum Gasteiger partial charge on any atom is 0.327 e. The number of hydrogen-bond donors (Lipinski definition) is 1. The Morgan fingerprint density at radius 2 is 2.16 bits per heavy atom. The zero-order chi connectivity index (χ0) is 18.0. The lowest BCUT2D eigenvalue weighted by molar-refractivity contribution is -0.144. The van der Waals surface area contributed by atoms with Crippen molar-refractivity contribution in [2.24, 2.45) is 0 Å². The van der Waals surface area contributed by atoms with Crippen LogP contribution in [0, 0.1) is 6.92 Å². The number of aromatic nitrogens is 2. The molecule has 7 heteroatoms. The monoisotopic (exact) mass is 343 g/mol. The highest BCUT2D eigenvalue weighted by Crippen LogP contribution is 2.42. The smallest absolute Gasteiger partial charge is 0.327 e. The summed E-state index contributed by atoms with van der Waals surface area (Å²) in [6, 6.07) is 7.64. The first kappa shape index (κ1) is 17.0. The van der Waals surface area contributed by atoms with E-state index < -0.39 is 0 Å². The number of hydrogen-bond acceptors (Lipinski definition) is 5. The third-order valence-electron chi connectivity index (χ3n) is 4.27. The number of para-hydroxylation sites is 1. The molecule has 7 nitrogen and oxygen atoms in total. The molecule has 25 heavy (non-hydrogen) atoms. The van der Waals surface area contributed by atoms with Gasteiger partial charge in [-0.1, -0.05) is 18.2 Å². The number of carbonyl (C=O) groups excluding carboxylic acids is 2. The number of nitrogens with one attached hydrogen (secondary N) is 1. The largest absolute Gasteiger partial charge is 0.496 e. The molecule has 0 radical (unpaired) electrons. The van der Waals surface area contributed by atoms with Gasteiger partial charge >= 0.3 is 5.97 Å². The van der Waals surface area contributed by atoms with Gasteiger partial charge in [-0.25, -0.2) is 4.68 Å². The van der Waals surface area contributed by atoms with E-state index in [1.165, 1.54) is 4.68 Å².